The van der Waals surface area contributed by atoms with Gasteiger partial charge < -0.3 is 9.67 Å². The van der Waals surface area contributed by atoms with Crippen molar-refractivity contribution in [1.82, 2.24) is 9.55 Å². The van der Waals surface area contributed by atoms with Gasteiger partial charge in [-0.05, 0) is 30.7 Å². The predicted molar refractivity (Wildman–Crippen MR) is 87.1 cm³/mol. The number of halogens is 1. The lowest BCUT2D eigenvalue weighted by molar-refractivity contribution is -0.140. The monoisotopic (exact) mass is 314 g/mol. The van der Waals surface area contributed by atoms with Gasteiger partial charge in [0.1, 0.15) is 11.9 Å². The highest BCUT2D eigenvalue weighted by Crippen LogP contribution is 2.33. The zero-order valence-electron chi connectivity index (χ0n) is 12.0. The van der Waals surface area contributed by atoms with Gasteiger partial charge in [-0.3, -0.25) is 0 Å². The van der Waals surface area contributed by atoms with Crippen LogP contribution in [0, 0.1) is 0 Å². The molecule has 0 bridgehead atoms. The third kappa shape index (κ3) is 2.35. The standard InChI is InChI=1S/C17H15ClN2O2/c1-2-14(17(21)22)20-15-10-6-5-9-13(15)19-16(20)11-7-3-4-8-12(11)18/h3-10,14H,2H2,1H3,(H,21,22). The molecule has 1 N–H and O–H groups in total. The highest BCUT2D eigenvalue weighted by molar-refractivity contribution is 6.33. The second kappa shape index (κ2) is 5.81. The summed E-state index contributed by atoms with van der Waals surface area (Å²) in [4.78, 5) is 16.3. The molecular formula is C17H15ClN2O2. The molecule has 112 valence electrons. The Morgan fingerprint density at radius 1 is 1.23 bits per heavy atom. The van der Waals surface area contributed by atoms with Gasteiger partial charge in [0.05, 0.1) is 16.1 Å². The molecule has 0 radical (unpaired) electrons. The Morgan fingerprint density at radius 2 is 1.91 bits per heavy atom. The number of nitrogens with zero attached hydrogens (tertiary/aromatic N) is 2. The fourth-order valence-corrected chi connectivity index (χ4v) is 2.88. The summed E-state index contributed by atoms with van der Waals surface area (Å²) in [6, 6.07) is 14.2. The summed E-state index contributed by atoms with van der Waals surface area (Å²) in [5, 5.41) is 10.1. The van der Waals surface area contributed by atoms with Crippen LogP contribution in [0.5, 0.6) is 0 Å². The number of benzene rings is 2. The van der Waals surface area contributed by atoms with Crippen molar-refractivity contribution in [2.75, 3.05) is 0 Å². The number of para-hydroxylation sites is 2. The first-order valence-corrected chi connectivity index (χ1v) is 7.46. The first kappa shape index (κ1) is 14.6. The van der Waals surface area contributed by atoms with Gasteiger partial charge in [0.2, 0.25) is 0 Å². The molecule has 0 saturated heterocycles. The van der Waals surface area contributed by atoms with Crippen molar-refractivity contribution in [2.24, 2.45) is 0 Å². The summed E-state index contributed by atoms with van der Waals surface area (Å²) >= 11 is 6.29. The van der Waals surface area contributed by atoms with E-state index in [1.54, 1.807) is 10.6 Å². The molecular weight excluding hydrogens is 300 g/mol. The lowest BCUT2D eigenvalue weighted by Gasteiger charge is -2.17. The third-order valence-electron chi connectivity index (χ3n) is 3.69. The summed E-state index contributed by atoms with van der Waals surface area (Å²) in [6.07, 6.45) is 0.465. The number of carbonyl (C=O) groups is 1. The van der Waals surface area contributed by atoms with Gasteiger partial charge in [0.25, 0.3) is 0 Å². The van der Waals surface area contributed by atoms with Crippen LogP contribution in [0.2, 0.25) is 5.02 Å². The van der Waals surface area contributed by atoms with Gasteiger partial charge in [-0.15, -0.1) is 0 Å². The Morgan fingerprint density at radius 3 is 2.59 bits per heavy atom. The van der Waals surface area contributed by atoms with E-state index < -0.39 is 12.0 Å². The number of fused-ring (bicyclic) bond motifs is 1. The van der Waals surface area contributed by atoms with Crippen LogP contribution in [-0.4, -0.2) is 20.6 Å². The highest BCUT2D eigenvalue weighted by atomic mass is 35.5. The minimum absolute atomic E-state index is 0.465. The van der Waals surface area contributed by atoms with Crippen LogP contribution >= 0.6 is 11.6 Å². The molecule has 5 heteroatoms. The van der Waals surface area contributed by atoms with Gasteiger partial charge in [0.15, 0.2) is 0 Å². The average molecular weight is 315 g/mol. The van der Waals surface area contributed by atoms with Crippen LogP contribution in [0.15, 0.2) is 48.5 Å². The average Bonchev–Trinajstić information content (AvgIpc) is 2.88. The van der Waals surface area contributed by atoms with Crippen LogP contribution < -0.4 is 0 Å². The van der Waals surface area contributed by atoms with E-state index in [1.165, 1.54) is 0 Å². The molecule has 3 rings (SSSR count). The smallest absolute Gasteiger partial charge is 0.326 e. The molecule has 3 aromatic rings. The number of carboxylic acid groups (broad SMARTS) is 1. The number of rotatable bonds is 4. The number of hydrogen-bond acceptors (Lipinski definition) is 2. The molecule has 1 aromatic heterocycles. The normalized spacial score (nSPS) is 12.5. The van der Waals surface area contributed by atoms with Gasteiger partial charge >= 0.3 is 5.97 Å². The van der Waals surface area contributed by atoms with E-state index in [1.807, 2.05) is 49.4 Å². The lowest BCUT2D eigenvalue weighted by atomic mass is 10.1. The maximum atomic E-state index is 11.7. The Kier molecular flexibility index (Phi) is 3.86. The van der Waals surface area contributed by atoms with Crippen LogP contribution in [0.25, 0.3) is 22.4 Å². The maximum absolute atomic E-state index is 11.7. The van der Waals surface area contributed by atoms with E-state index in [9.17, 15) is 9.90 Å². The first-order chi connectivity index (χ1) is 10.6. The van der Waals surface area contributed by atoms with Crippen LogP contribution in [0.3, 0.4) is 0 Å². The quantitative estimate of drug-likeness (QED) is 0.777. The molecule has 1 atom stereocenters. The lowest BCUT2D eigenvalue weighted by Crippen LogP contribution is -2.19. The van der Waals surface area contributed by atoms with E-state index in [-0.39, 0.29) is 0 Å². The largest absolute Gasteiger partial charge is 0.480 e. The Bertz CT molecular complexity index is 842. The van der Waals surface area contributed by atoms with Gasteiger partial charge in [0, 0.05) is 5.56 Å². The molecule has 0 fully saturated rings. The number of carboxylic acids is 1. The summed E-state index contributed by atoms with van der Waals surface area (Å²) < 4.78 is 1.76. The van der Waals surface area contributed by atoms with E-state index in [0.717, 1.165) is 16.6 Å². The summed E-state index contributed by atoms with van der Waals surface area (Å²) in [6.45, 7) is 1.85. The molecule has 4 nitrogen and oxygen atoms in total. The molecule has 1 heterocycles. The topological polar surface area (TPSA) is 55.1 Å². The Labute approximate surface area is 133 Å². The number of imidazole rings is 1. The van der Waals surface area contributed by atoms with Gasteiger partial charge in [-0.25, -0.2) is 9.78 Å². The summed E-state index contributed by atoms with van der Waals surface area (Å²) in [5.74, 6) is -0.292. The van der Waals surface area contributed by atoms with Crippen LogP contribution in [0.1, 0.15) is 19.4 Å². The molecule has 1 unspecified atom stereocenters. The zero-order chi connectivity index (χ0) is 15.7. The van der Waals surface area contributed by atoms with E-state index >= 15 is 0 Å². The highest BCUT2D eigenvalue weighted by Gasteiger charge is 2.24. The van der Waals surface area contributed by atoms with Crippen molar-refractivity contribution in [2.45, 2.75) is 19.4 Å². The SMILES string of the molecule is CCC(C(=O)O)n1c(-c2ccccc2Cl)nc2ccccc21. The molecule has 2 aromatic carbocycles. The van der Waals surface area contributed by atoms with Gasteiger partial charge in [-0.1, -0.05) is 42.8 Å². The molecule has 22 heavy (non-hydrogen) atoms. The van der Waals surface area contributed by atoms with E-state index in [4.69, 9.17) is 11.6 Å². The van der Waals surface area contributed by atoms with Crippen molar-refractivity contribution in [3.05, 3.63) is 53.6 Å². The summed E-state index contributed by atoms with van der Waals surface area (Å²) in [5.41, 5.74) is 2.30. The fourth-order valence-electron chi connectivity index (χ4n) is 2.66. The molecule has 0 amide bonds. The number of aromatic nitrogens is 2. The molecule has 0 saturated carbocycles. The van der Waals surface area contributed by atoms with Crippen LogP contribution in [-0.2, 0) is 4.79 Å². The maximum Gasteiger partial charge on any atom is 0.326 e. The minimum atomic E-state index is -0.876. The van der Waals surface area contributed by atoms with Crippen molar-refractivity contribution in [1.29, 1.82) is 0 Å². The Balaban J connectivity index is 2.35. The van der Waals surface area contributed by atoms with Crippen molar-refractivity contribution in [3.8, 4) is 11.4 Å². The Hall–Kier alpha value is -2.33. The molecule has 0 aliphatic heterocycles. The molecule has 0 aliphatic carbocycles. The second-order valence-corrected chi connectivity index (χ2v) is 5.44. The van der Waals surface area contributed by atoms with Crippen molar-refractivity contribution < 1.29 is 9.90 Å². The molecule has 0 aliphatic rings. The van der Waals surface area contributed by atoms with Gasteiger partial charge in [-0.2, -0.15) is 0 Å². The summed E-state index contributed by atoms with van der Waals surface area (Å²) in [7, 11) is 0. The zero-order valence-corrected chi connectivity index (χ0v) is 12.8. The number of aliphatic carboxylic acids is 1. The van der Waals surface area contributed by atoms with E-state index in [2.05, 4.69) is 4.98 Å². The van der Waals surface area contributed by atoms with Crippen LogP contribution in [0.4, 0.5) is 0 Å². The second-order valence-electron chi connectivity index (χ2n) is 5.04. The minimum Gasteiger partial charge on any atom is -0.480 e. The fraction of sp³-hybridized carbons (Fsp3) is 0.176. The molecule has 0 spiro atoms. The third-order valence-corrected chi connectivity index (χ3v) is 4.02. The number of hydrogen-bond donors (Lipinski definition) is 1. The van der Waals surface area contributed by atoms with Crippen molar-refractivity contribution >= 4 is 28.6 Å². The predicted octanol–water partition coefficient (Wildman–Crippen LogP) is 4.39. The first-order valence-electron chi connectivity index (χ1n) is 7.08. The van der Waals surface area contributed by atoms with E-state index in [0.29, 0.717) is 17.3 Å². The van der Waals surface area contributed by atoms with Crippen molar-refractivity contribution in [3.63, 3.8) is 0 Å².